The highest BCUT2D eigenvalue weighted by molar-refractivity contribution is 6.33. The molecule has 1 saturated carbocycles. The van der Waals surface area contributed by atoms with Gasteiger partial charge in [0.1, 0.15) is 0 Å². The number of rotatable bonds is 5. The molecule has 0 bridgehead atoms. The molecular weight excluding hydrogens is 280 g/mol. The van der Waals surface area contributed by atoms with Crippen molar-refractivity contribution >= 4 is 23.0 Å². The van der Waals surface area contributed by atoms with Crippen LogP contribution >= 0.6 is 11.6 Å². The molecule has 118 valence electrons. The van der Waals surface area contributed by atoms with Gasteiger partial charge in [0.15, 0.2) is 0 Å². The third-order valence-corrected chi connectivity index (χ3v) is 4.89. The second-order valence-electron chi connectivity index (χ2n) is 6.56. The van der Waals surface area contributed by atoms with Gasteiger partial charge in [-0.15, -0.1) is 0 Å². The molecule has 1 fully saturated rings. The third kappa shape index (κ3) is 4.81. The van der Waals surface area contributed by atoms with Gasteiger partial charge in [-0.3, -0.25) is 0 Å². The molecule has 3 heteroatoms. The van der Waals surface area contributed by atoms with Gasteiger partial charge in [0, 0.05) is 25.8 Å². The Morgan fingerprint density at radius 2 is 2.00 bits per heavy atom. The lowest BCUT2D eigenvalue weighted by Gasteiger charge is -2.20. The van der Waals surface area contributed by atoms with Gasteiger partial charge >= 0.3 is 0 Å². The lowest BCUT2D eigenvalue weighted by atomic mass is 9.95. The Balaban J connectivity index is 1.94. The van der Waals surface area contributed by atoms with Crippen molar-refractivity contribution in [2.45, 2.75) is 57.9 Å². The van der Waals surface area contributed by atoms with Gasteiger partial charge in [-0.2, -0.15) is 0 Å². The van der Waals surface area contributed by atoms with Crippen LogP contribution < -0.4 is 10.2 Å². The van der Waals surface area contributed by atoms with Gasteiger partial charge in [-0.1, -0.05) is 44.2 Å². The molecule has 0 spiro atoms. The first kappa shape index (κ1) is 16.5. The van der Waals surface area contributed by atoms with Crippen molar-refractivity contribution in [2.75, 3.05) is 24.3 Å². The summed E-state index contributed by atoms with van der Waals surface area (Å²) in [6.45, 7) is 2.30. The lowest BCUT2D eigenvalue weighted by molar-refractivity contribution is 0.422. The zero-order valence-electron chi connectivity index (χ0n) is 13.7. The van der Waals surface area contributed by atoms with Crippen LogP contribution in [0.5, 0.6) is 0 Å². The van der Waals surface area contributed by atoms with Crippen molar-refractivity contribution in [3.8, 4) is 0 Å². The molecule has 2 nitrogen and oxygen atoms in total. The van der Waals surface area contributed by atoms with Gasteiger partial charge in [0.05, 0.1) is 10.7 Å². The van der Waals surface area contributed by atoms with Crippen molar-refractivity contribution in [3.63, 3.8) is 0 Å². The number of hydrogen-bond donors (Lipinski definition) is 1. The van der Waals surface area contributed by atoms with Crippen LogP contribution in [0.1, 0.15) is 51.9 Å². The van der Waals surface area contributed by atoms with Gasteiger partial charge in [-0.25, -0.2) is 0 Å². The standard InChI is InChI=1S/C18H29ClN2/c1-4-6-14-7-5-8-15(10-9-14)20-16-11-12-18(21(2)3)17(19)13-16/h11-15,20H,4-10H2,1-3H3. The maximum Gasteiger partial charge on any atom is 0.0659 e. The van der Waals surface area contributed by atoms with E-state index in [0.29, 0.717) is 6.04 Å². The first-order chi connectivity index (χ1) is 10.1. The first-order valence-corrected chi connectivity index (χ1v) is 8.71. The molecule has 2 rings (SSSR count). The Hall–Kier alpha value is -0.890. The summed E-state index contributed by atoms with van der Waals surface area (Å²) in [6, 6.07) is 6.91. The maximum atomic E-state index is 6.36. The van der Waals surface area contributed by atoms with Crippen molar-refractivity contribution in [2.24, 2.45) is 5.92 Å². The van der Waals surface area contributed by atoms with Gasteiger partial charge in [0.2, 0.25) is 0 Å². The summed E-state index contributed by atoms with van der Waals surface area (Å²) < 4.78 is 0. The molecule has 0 saturated heterocycles. The average molecular weight is 309 g/mol. The highest BCUT2D eigenvalue weighted by Crippen LogP contribution is 2.31. The fourth-order valence-corrected chi connectivity index (χ4v) is 3.76. The number of benzene rings is 1. The van der Waals surface area contributed by atoms with Crippen LogP contribution in [0.25, 0.3) is 0 Å². The molecule has 0 radical (unpaired) electrons. The number of nitrogens with zero attached hydrogens (tertiary/aromatic N) is 1. The number of anilines is 2. The maximum absolute atomic E-state index is 6.36. The molecule has 2 unspecified atom stereocenters. The Bertz CT molecular complexity index is 445. The smallest absolute Gasteiger partial charge is 0.0659 e. The van der Waals surface area contributed by atoms with E-state index in [1.807, 2.05) is 19.0 Å². The number of nitrogens with one attached hydrogen (secondary N) is 1. The largest absolute Gasteiger partial charge is 0.382 e. The topological polar surface area (TPSA) is 15.3 Å². The Kier molecular flexibility index (Phi) is 6.22. The predicted molar refractivity (Wildman–Crippen MR) is 94.7 cm³/mol. The van der Waals surface area contributed by atoms with E-state index in [9.17, 15) is 0 Å². The number of hydrogen-bond acceptors (Lipinski definition) is 2. The minimum absolute atomic E-state index is 0.605. The summed E-state index contributed by atoms with van der Waals surface area (Å²) in [5.74, 6) is 0.946. The number of halogens is 1. The van der Waals surface area contributed by atoms with Gasteiger partial charge < -0.3 is 10.2 Å². The van der Waals surface area contributed by atoms with Gasteiger partial charge in [-0.05, 0) is 43.4 Å². The molecule has 0 aromatic heterocycles. The van der Waals surface area contributed by atoms with Crippen LogP contribution in [-0.2, 0) is 0 Å². The molecule has 21 heavy (non-hydrogen) atoms. The van der Waals surface area contributed by atoms with Crippen LogP contribution in [0, 0.1) is 5.92 Å². The zero-order valence-corrected chi connectivity index (χ0v) is 14.4. The SMILES string of the molecule is CCCC1CCCC(Nc2ccc(N(C)C)c(Cl)c2)CC1. The summed E-state index contributed by atoms with van der Waals surface area (Å²) in [5, 5.41) is 4.51. The lowest BCUT2D eigenvalue weighted by Crippen LogP contribution is -2.18. The molecule has 0 aliphatic heterocycles. The van der Waals surface area contributed by atoms with E-state index in [4.69, 9.17) is 11.6 Å². The Morgan fingerprint density at radius 1 is 1.19 bits per heavy atom. The minimum Gasteiger partial charge on any atom is -0.382 e. The fourth-order valence-electron chi connectivity index (χ4n) is 3.41. The van der Waals surface area contributed by atoms with Crippen LogP contribution in [-0.4, -0.2) is 20.1 Å². The zero-order chi connectivity index (χ0) is 15.2. The summed E-state index contributed by atoms with van der Waals surface area (Å²) in [4.78, 5) is 2.05. The second kappa shape index (κ2) is 7.93. The quantitative estimate of drug-likeness (QED) is 0.716. The normalized spacial score (nSPS) is 22.7. The van der Waals surface area contributed by atoms with Crippen molar-refractivity contribution in [1.29, 1.82) is 0 Å². The van der Waals surface area contributed by atoms with Crippen LogP contribution in [0.4, 0.5) is 11.4 Å². The highest BCUT2D eigenvalue weighted by Gasteiger charge is 2.18. The van der Waals surface area contributed by atoms with Crippen LogP contribution in [0.15, 0.2) is 18.2 Å². The van der Waals surface area contributed by atoms with Gasteiger partial charge in [0.25, 0.3) is 0 Å². The summed E-state index contributed by atoms with van der Waals surface area (Å²) in [7, 11) is 4.04. The van der Waals surface area contributed by atoms with E-state index >= 15 is 0 Å². The monoisotopic (exact) mass is 308 g/mol. The Labute approximate surface area is 134 Å². The molecule has 1 aromatic rings. The molecule has 1 aliphatic carbocycles. The molecule has 1 aliphatic rings. The predicted octanol–water partition coefficient (Wildman–Crippen LogP) is 5.57. The van der Waals surface area contributed by atoms with E-state index < -0.39 is 0 Å². The fraction of sp³-hybridized carbons (Fsp3) is 0.667. The van der Waals surface area contributed by atoms with Crippen LogP contribution in [0.3, 0.4) is 0 Å². The van der Waals surface area contributed by atoms with Crippen LogP contribution in [0.2, 0.25) is 5.02 Å². The van der Waals surface area contributed by atoms with Crippen molar-refractivity contribution in [1.82, 2.24) is 0 Å². The molecule has 0 amide bonds. The molecule has 1 aromatic carbocycles. The highest BCUT2D eigenvalue weighted by atomic mass is 35.5. The van der Waals surface area contributed by atoms with E-state index in [1.54, 1.807) is 0 Å². The van der Waals surface area contributed by atoms with Crippen molar-refractivity contribution < 1.29 is 0 Å². The summed E-state index contributed by atoms with van der Waals surface area (Å²) in [6.07, 6.45) is 9.43. The third-order valence-electron chi connectivity index (χ3n) is 4.59. The van der Waals surface area contributed by atoms with Crippen molar-refractivity contribution in [3.05, 3.63) is 23.2 Å². The summed E-state index contributed by atoms with van der Waals surface area (Å²) >= 11 is 6.36. The molecule has 1 N–H and O–H groups in total. The Morgan fingerprint density at radius 3 is 2.67 bits per heavy atom. The van der Waals surface area contributed by atoms with E-state index in [2.05, 4.69) is 30.4 Å². The second-order valence-corrected chi connectivity index (χ2v) is 6.97. The minimum atomic E-state index is 0.605. The van der Waals surface area contributed by atoms with E-state index in [-0.39, 0.29) is 0 Å². The first-order valence-electron chi connectivity index (χ1n) is 8.33. The van der Waals surface area contributed by atoms with E-state index in [0.717, 1.165) is 22.3 Å². The van der Waals surface area contributed by atoms with E-state index in [1.165, 1.54) is 44.9 Å². The molecular formula is C18H29ClN2. The molecule has 0 heterocycles. The average Bonchev–Trinajstić information content (AvgIpc) is 2.65. The molecule has 2 atom stereocenters. The summed E-state index contributed by atoms with van der Waals surface area (Å²) in [5.41, 5.74) is 2.23.